The van der Waals surface area contributed by atoms with Gasteiger partial charge in [-0.25, -0.2) is 0 Å². The molecule has 1 atom stereocenters. The summed E-state index contributed by atoms with van der Waals surface area (Å²) >= 11 is 1.77. The van der Waals surface area contributed by atoms with Gasteiger partial charge < -0.3 is 16.2 Å². The highest BCUT2D eigenvalue weighted by atomic mass is 32.2. The lowest BCUT2D eigenvalue weighted by molar-refractivity contribution is 0.0780. The lowest BCUT2D eigenvalue weighted by Gasteiger charge is -2.21. The highest BCUT2D eigenvalue weighted by molar-refractivity contribution is 7.99. The van der Waals surface area contributed by atoms with Crippen LogP contribution in [0.2, 0.25) is 0 Å². The average Bonchev–Trinajstić information content (AvgIpc) is 2.93. The summed E-state index contributed by atoms with van der Waals surface area (Å²) < 4.78 is 0. The Morgan fingerprint density at radius 3 is 3.05 bits per heavy atom. The Balaban J connectivity index is 1.68. The van der Waals surface area contributed by atoms with E-state index in [1.165, 1.54) is 24.0 Å². The SMILES string of the molecule is NC(=NCC1(O)CCSC1)Nc1cccc2c1CCCC2. The molecule has 1 aromatic carbocycles. The van der Waals surface area contributed by atoms with Crippen LogP contribution in [-0.4, -0.2) is 34.7 Å². The first kappa shape index (κ1) is 14.7. The second-order valence-corrected chi connectivity index (χ2v) is 7.11. The molecule has 0 bridgehead atoms. The fraction of sp³-hybridized carbons (Fsp3) is 0.562. The molecule has 1 unspecified atom stereocenters. The Bertz CT molecular complexity index is 538. The van der Waals surface area contributed by atoms with Gasteiger partial charge >= 0.3 is 0 Å². The van der Waals surface area contributed by atoms with Gasteiger partial charge in [0.25, 0.3) is 0 Å². The van der Waals surface area contributed by atoms with Crippen molar-refractivity contribution < 1.29 is 5.11 Å². The number of nitrogens with two attached hydrogens (primary N) is 1. The van der Waals surface area contributed by atoms with E-state index < -0.39 is 5.60 Å². The molecule has 1 aromatic rings. The summed E-state index contributed by atoms with van der Waals surface area (Å²) in [6.07, 6.45) is 5.56. The molecule has 0 amide bonds. The van der Waals surface area contributed by atoms with Crippen molar-refractivity contribution in [3.8, 4) is 0 Å². The number of rotatable bonds is 3. The standard InChI is InChI=1S/C16H23N3OS/c17-15(18-10-16(20)8-9-21-11-16)19-14-7-3-5-12-4-1-2-6-13(12)14/h3,5,7,20H,1-2,4,6,8-11H2,(H3,17,18,19). The number of guanidine groups is 1. The third-order valence-electron chi connectivity index (χ3n) is 4.28. The number of aliphatic imine (C=N–C) groups is 1. The maximum Gasteiger partial charge on any atom is 0.193 e. The van der Waals surface area contributed by atoms with Gasteiger partial charge in [0.2, 0.25) is 0 Å². The predicted octanol–water partition coefficient (Wildman–Crippen LogP) is 2.16. The molecule has 0 spiro atoms. The summed E-state index contributed by atoms with van der Waals surface area (Å²) in [6.45, 7) is 0.383. The maximum atomic E-state index is 10.3. The molecule has 1 aliphatic carbocycles. The van der Waals surface area contributed by atoms with E-state index in [1.54, 1.807) is 11.8 Å². The van der Waals surface area contributed by atoms with E-state index in [0.29, 0.717) is 12.5 Å². The highest BCUT2D eigenvalue weighted by Crippen LogP contribution is 2.29. The molecule has 0 saturated carbocycles. The number of anilines is 1. The van der Waals surface area contributed by atoms with E-state index in [9.17, 15) is 5.11 Å². The number of aryl methyl sites for hydroxylation is 1. The Morgan fingerprint density at radius 1 is 1.38 bits per heavy atom. The largest absolute Gasteiger partial charge is 0.387 e. The zero-order chi connectivity index (χ0) is 14.7. The molecule has 2 aliphatic rings. The van der Waals surface area contributed by atoms with E-state index >= 15 is 0 Å². The molecule has 4 nitrogen and oxygen atoms in total. The quantitative estimate of drug-likeness (QED) is 0.591. The first-order valence-corrected chi connectivity index (χ1v) is 8.80. The van der Waals surface area contributed by atoms with Crippen LogP contribution in [0.15, 0.2) is 23.2 Å². The van der Waals surface area contributed by atoms with Gasteiger partial charge in [0.15, 0.2) is 5.96 Å². The van der Waals surface area contributed by atoms with Crippen LogP contribution in [0.4, 0.5) is 5.69 Å². The predicted molar refractivity (Wildman–Crippen MR) is 90.1 cm³/mol. The summed E-state index contributed by atoms with van der Waals surface area (Å²) in [7, 11) is 0. The van der Waals surface area contributed by atoms with Gasteiger partial charge in [-0.1, -0.05) is 12.1 Å². The zero-order valence-corrected chi connectivity index (χ0v) is 13.1. The van der Waals surface area contributed by atoms with E-state index in [4.69, 9.17) is 5.73 Å². The molecular formula is C16H23N3OS. The topological polar surface area (TPSA) is 70.6 Å². The Hall–Kier alpha value is -1.20. The number of thioether (sulfide) groups is 1. The summed E-state index contributed by atoms with van der Waals surface area (Å²) in [5.74, 6) is 2.16. The smallest absolute Gasteiger partial charge is 0.193 e. The number of aliphatic hydroxyl groups is 1. The van der Waals surface area contributed by atoms with E-state index in [0.717, 1.165) is 36.5 Å². The minimum absolute atomic E-state index is 0.383. The normalized spacial score (nSPS) is 25.7. The number of hydrogen-bond acceptors (Lipinski definition) is 3. The second-order valence-electron chi connectivity index (χ2n) is 6.00. The third-order valence-corrected chi connectivity index (χ3v) is 5.52. The minimum Gasteiger partial charge on any atom is -0.387 e. The van der Waals surface area contributed by atoms with Crippen LogP contribution in [0.1, 0.15) is 30.4 Å². The molecule has 4 N–H and O–H groups in total. The molecule has 1 fully saturated rings. The lowest BCUT2D eigenvalue weighted by Crippen LogP contribution is -2.34. The molecule has 1 heterocycles. The lowest BCUT2D eigenvalue weighted by atomic mass is 9.90. The van der Waals surface area contributed by atoms with Gasteiger partial charge in [0.05, 0.1) is 12.1 Å². The van der Waals surface area contributed by atoms with E-state index in [2.05, 4.69) is 28.5 Å². The van der Waals surface area contributed by atoms with Crippen molar-refractivity contribution in [3.63, 3.8) is 0 Å². The number of fused-ring (bicyclic) bond motifs is 1. The van der Waals surface area contributed by atoms with Crippen LogP contribution in [0.3, 0.4) is 0 Å². The molecule has 114 valence electrons. The monoisotopic (exact) mass is 305 g/mol. The molecule has 0 aromatic heterocycles. The summed E-state index contributed by atoms with van der Waals surface area (Å²) in [5, 5.41) is 13.5. The van der Waals surface area contributed by atoms with Gasteiger partial charge in [0, 0.05) is 11.4 Å². The van der Waals surface area contributed by atoms with Gasteiger partial charge in [-0.15, -0.1) is 0 Å². The van der Waals surface area contributed by atoms with Crippen LogP contribution in [0.25, 0.3) is 0 Å². The Morgan fingerprint density at radius 2 is 2.24 bits per heavy atom. The van der Waals surface area contributed by atoms with Crippen LogP contribution in [0, 0.1) is 0 Å². The third kappa shape index (κ3) is 3.52. The van der Waals surface area contributed by atoms with Crippen molar-refractivity contribution in [3.05, 3.63) is 29.3 Å². The fourth-order valence-corrected chi connectivity index (χ4v) is 4.31. The molecule has 5 heteroatoms. The fourth-order valence-electron chi connectivity index (χ4n) is 3.03. The van der Waals surface area contributed by atoms with Crippen LogP contribution >= 0.6 is 11.8 Å². The van der Waals surface area contributed by atoms with Gasteiger partial charge in [0.1, 0.15) is 0 Å². The van der Waals surface area contributed by atoms with Gasteiger partial charge in [-0.05, 0) is 55.1 Å². The minimum atomic E-state index is -0.674. The Labute approximate surface area is 130 Å². The highest BCUT2D eigenvalue weighted by Gasteiger charge is 2.31. The van der Waals surface area contributed by atoms with Crippen molar-refractivity contribution in [1.29, 1.82) is 0 Å². The molecule has 21 heavy (non-hydrogen) atoms. The van der Waals surface area contributed by atoms with Crippen LogP contribution in [-0.2, 0) is 12.8 Å². The number of nitrogens with one attached hydrogen (secondary N) is 1. The number of nitrogens with zero attached hydrogens (tertiary/aromatic N) is 1. The average molecular weight is 305 g/mol. The Kier molecular flexibility index (Phi) is 4.40. The molecule has 1 aliphatic heterocycles. The van der Waals surface area contributed by atoms with Crippen molar-refractivity contribution in [2.24, 2.45) is 10.7 Å². The van der Waals surface area contributed by atoms with Crippen molar-refractivity contribution in [2.75, 3.05) is 23.4 Å². The molecule has 1 saturated heterocycles. The maximum absolute atomic E-state index is 10.3. The summed E-state index contributed by atoms with van der Waals surface area (Å²) in [6, 6.07) is 6.33. The van der Waals surface area contributed by atoms with Crippen LogP contribution in [0.5, 0.6) is 0 Å². The van der Waals surface area contributed by atoms with E-state index in [-0.39, 0.29) is 0 Å². The molecule has 0 radical (unpaired) electrons. The zero-order valence-electron chi connectivity index (χ0n) is 12.3. The molecule has 3 rings (SSSR count). The first-order chi connectivity index (χ1) is 10.2. The first-order valence-electron chi connectivity index (χ1n) is 7.64. The summed E-state index contributed by atoms with van der Waals surface area (Å²) in [4.78, 5) is 4.34. The van der Waals surface area contributed by atoms with Crippen molar-refractivity contribution >= 4 is 23.4 Å². The van der Waals surface area contributed by atoms with Crippen LogP contribution < -0.4 is 11.1 Å². The summed E-state index contributed by atoms with van der Waals surface area (Å²) in [5.41, 5.74) is 9.19. The van der Waals surface area contributed by atoms with Gasteiger partial charge in [-0.3, -0.25) is 4.99 Å². The second kappa shape index (κ2) is 6.28. The van der Waals surface area contributed by atoms with Gasteiger partial charge in [-0.2, -0.15) is 11.8 Å². The molecular weight excluding hydrogens is 282 g/mol. The van der Waals surface area contributed by atoms with E-state index in [1.807, 2.05) is 0 Å². The number of benzene rings is 1. The number of hydrogen-bond donors (Lipinski definition) is 3. The van der Waals surface area contributed by atoms with Crippen molar-refractivity contribution in [1.82, 2.24) is 0 Å². The van der Waals surface area contributed by atoms with Crippen molar-refractivity contribution in [2.45, 2.75) is 37.7 Å².